The molecule has 2 rings (SSSR count). The summed E-state index contributed by atoms with van der Waals surface area (Å²) in [6.45, 7) is 4.26. The summed E-state index contributed by atoms with van der Waals surface area (Å²) in [4.78, 5) is 11.0. The number of nitrogens with one attached hydrogen (secondary N) is 1. The highest BCUT2D eigenvalue weighted by molar-refractivity contribution is 5.93. The highest BCUT2D eigenvalue weighted by Gasteiger charge is 2.06. The Kier molecular flexibility index (Phi) is 4.41. The van der Waals surface area contributed by atoms with Crippen molar-refractivity contribution in [2.45, 2.75) is 26.3 Å². The summed E-state index contributed by atoms with van der Waals surface area (Å²) in [6.07, 6.45) is 1.05. The third-order valence-corrected chi connectivity index (χ3v) is 3.44. The van der Waals surface area contributed by atoms with Gasteiger partial charge < -0.3 is 11.1 Å². The van der Waals surface area contributed by atoms with Crippen molar-refractivity contribution in [1.82, 2.24) is 0 Å². The number of hydrogen-bond acceptors (Lipinski definition) is 2. The van der Waals surface area contributed by atoms with Crippen LogP contribution in [0.2, 0.25) is 0 Å². The zero-order valence-corrected chi connectivity index (χ0v) is 11.9. The third-order valence-electron chi connectivity index (χ3n) is 3.44. The summed E-state index contributed by atoms with van der Waals surface area (Å²) in [6, 6.07) is 16.0. The van der Waals surface area contributed by atoms with E-state index in [-0.39, 0.29) is 6.04 Å². The number of rotatable bonds is 5. The number of primary amides is 1. The minimum absolute atomic E-state index is 0.209. The minimum atomic E-state index is -0.403. The first-order valence-corrected chi connectivity index (χ1v) is 6.85. The van der Waals surface area contributed by atoms with Crippen LogP contribution >= 0.6 is 0 Å². The van der Waals surface area contributed by atoms with Gasteiger partial charge in [0.1, 0.15) is 0 Å². The highest BCUT2D eigenvalue weighted by atomic mass is 16.1. The summed E-state index contributed by atoms with van der Waals surface area (Å²) in [7, 11) is 0. The lowest BCUT2D eigenvalue weighted by atomic mass is 10.0. The van der Waals surface area contributed by atoms with Crippen LogP contribution in [0.3, 0.4) is 0 Å². The molecule has 1 amide bonds. The van der Waals surface area contributed by atoms with Gasteiger partial charge in [0.2, 0.25) is 5.91 Å². The molecule has 0 saturated carbocycles. The maximum absolute atomic E-state index is 11.0. The molecule has 0 spiro atoms. The van der Waals surface area contributed by atoms with E-state index in [1.807, 2.05) is 12.1 Å². The molecule has 0 aliphatic carbocycles. The van der Waals surface area contributed by atoms with E-state index in [9.17, 15) is 4.79 Å². The Labute approximate surface area is 119 Å². The van der Waals surface area contributed by atoms with E-state index in [0.717, 1.165) is 12.1 Å². The Bertz CT molecular complexity index is 573. The Hall–Kier alpha value is -2.29. The van der Waals surface area contributed by atoms with Crippen molar-refractivity contribution in [3.05, 3.63) is 65.2 Å². The van der Waals surface area contributed by atoms with Crippen molar-refractivity contribution in [2.75, 3.05) is 5.32 Å². The van der Waals surface area contributed by atoms with Crippen LogP contribution in [0.4, 0.5) is 5.69 Å². The largest absolute Gasteiger partial charge is 0.379 e. The molecule has 104 valence electrons. The Morgan fingerprint density at radius 2 is 1.70 bits per heavy atom. The number of anilines is 1. The van der Waals surface area contributed by atoms with Gasteiger partial charge in [-0.25, -0.2) is 0 Å². The van der Waals surface area contributed by atoms with Crippen molar-refractivity contribution in [3.8, 4) is 0 Å². The number of aryl methyl sites for hydroxylation is 1. The van der Waals surface area contributed by atoms with E-state index in [1.165, 1.54) is 11.1 Å². The molecule has 20 heavy (non-hydrogen) atoms. The number of carbonyl (C=O) groups excluding carboxylic acids is 1. The highest BCUT2D eigenvalue weighted by Crippen LogP contribution is 2.20. The number of amides is 1. The second-order valence-electron chi connectivity index (χ2n) is 4.90. The lowest BCUT2D eigenvalue weighted by Gasteiger charge is -2.16. The van der Waals surface area contributed by atoms with Crippen LogP contribution in [-0.2, 0) is 6.42 Å². The fourth-order valence-electron chi connectivity index (χ4n) is 2.11. The van der Waals surface area contributed by atoms with Gasteiger partial charge in [-0.3, -0.25) is 4.79 Å². The molecular formula is C17H20N2O. The molecule has 3 N–H and O–H groups in total. The van der Waals surface area contributed by atoms with Crippen molar-refractivity contribution in [1.29, 1.82) is 0 Å². The van der Waals surface area contributed by atoms with Crippen LogP contribution in [0.25, 0.3) is 0 Å². The summed E-state index contributed by atoms with van der Waals surface area (Å²) in [5.41, 5.74) is 9.30. The van der Waals surface area contributed by atoms with Crippen LogP contribution < -0.4 is 11.1 Å². The van der Waals surface area contributed by atoms with Gasteiger partial charge in [-0.05, 0) is 48.7 Å². The summed E-state index contributed by atoms with van der Waals surface area (Å²) >= 11 is 0. The molecule has 2 aromatic rings. The van der Waals surface area contributed by atoms with E-state index in [4.69, 9.17) is 5.73 Å². The van der Waals surface area contributed by atoms with Crippen molar-refractivity contribution in [2.24, 2.45) is 5.73 Å². The van der Waals surface area contributed by atoms with Gasteiger partial charge in [0, 0.05) is 17.3 Å². The lowest BCUT2D eigenvalue weighted by molar-refractivity contribution is 0.100. The van der Waals surface area contributed by atoms with Gasteiger partial charge in [0.15, 0.2) is 0 Å². The number of nitrogens with two attached hydrogens (primary N) is 1. The molecule has 1 unspecified atom stereocenters. The van der Waals surface area contributed by atoms with Gasteiger partial charge in [0.05, 0.1) is 0 Å². The SMILES string of the molecule is CCc1ccc(C(C)Nc2ccc(C(N)=O)cc2)cc1. The fraction of sp³-hybridized carbons (Fsp3) is 0.235. The van der Waals surface area contributed by atoms with Crippen LogP contribution in [0.15, 0.2) is 48.5 Å². The van der Waals surface area contributed by atoms with E-state index in [2.05, 4.69) is 43.4 Å². The average Bonchev–Trinajstić information content (AvgIpc) is 2.48. The van der Waals surface area contributed by atoms with E-state index in [1.54, 1.807) is 12.1 Å². The lowest BCUT2D eigenvalue weighted by Crippen LogP contribution is -2.11. The molecule has 0 bridgehead atoms. The topological polar surface area (TPSA) is 55.1 Å². The van der Waals surface area contributed by atoms with E-state index in [0.29, 0.717) is 5.56 Å². The van der Waals surface area contributed by atoms with Crippen molar-refractivity contribution < 1.29 is 4.79 Å². The van der Waals surface area contributed by atoms with Gasteiger partial charge in [-0.1, -0.05) is 31.2 Å². The molecule has 0 fully saturated rings. The quantitative estimate of drug-likeness (QED) is 0.871. The predicted molar refractivity (Wildman–Crippen MR) is 82.8 cm³/mol. The molecule has 0 radical (unpaired) electrons. The van der Waals surface area contributed by atoms with Gasteiger partial charge in [-0.15, -0.1) is 0 Å². The second kappa shape index (κ2) is 6.24. The maximum atomic E-state index is 11.0. The molecule has 3 nitrogen and oxygen atoms in total. The van der Waals surface area contributed by atoms with Crippen LogP contribution in [0, 0.1) is 0 Å². The summed E-state index contributed by atoms with van der Waals surface area (Å²) in [5.74, 6) is -0.403. The maximum Gasteiger partial charge on any atom is 0.248 e. The second-order valence-corrected chi connectivity index (χ2v) is 4.90. The predicted octanol–water partition coefficient (Wildman–Crippen LogP) is 3.52. The smallest absolute Gasteiger partial charge is 0.248 e. The zero-order chi connectivity index (χ0) is 14.5. The molecule has 0 heterocycles. The van der Waals surface area contributed by atoms with Crippen molar-refractivity contribution in [3.63, 3.8) is 0 Å². The van der Waals surface area contributed by atoms with E-state index < -0.39 is 5.91 Å². The molecule has 2 aromatic carbocycles. The molecule has 0 aromatic heterocycles. The standard InChI is InChI=1S/C17H20N2O/c1-3-13-4-6-14(7-5-13)12(2)19-16-10-8-15(9-11-16)17(18)20/h4-12,19H,3H2,1-2H3,(H2,18,20). The first kappa shape index (κ1) is 14.1. The van der Waals surface area contributed by atoms with Crippen LogP contribution in [0.5, 0.6) is 0 Å². The number of carbonyl (C=O) groups is 1. The van der Waals surface area contributed by atoms with E-state index >= 15 is 0 Å². The van der Waals surface area contributed by atoms with Gasteiger partial charge in [-0.2, -0.15) is 0 Å². The number of benzene rings is 2. The fourth-order valence-corrected chi connectivity index (χ4v) is 2.11. The molecule has 3 heteroatoms. The van der Waals surface area contributed by atoms with Gasteiger partial charge >= 0.3 is 0 Å². The normalized spacial score (nSPS) is 11.9. The summed E-state index contributed by atoms with van der Waals surface area (Å²) < 4.78 is 0. The number of hydrogen-bond donors (Lipinski definition) is 2. The average molecular weight is 268 g/mol. The Morgan fingerprint density at radius 3 is 2.20 bits per heavy atom. The zero-order valence-electron chi connectivity index (χ0n) is 11.9. The molecular weight excluding hydrogens is 248 g/mol. The third kappa shape index (κ3) is 3.38. The molecule has 0 aliphatic rings. The molecule has 1 atom stereocenters. The molecule has 0 aliphatic heterocycles. The van der Waals surface area contributed by atoms with Crippen LogP contribution in [-0.4, -0.2) is 5.91 Å². The first-order chi connectivity index (χ1) is 9.60. The minimum Gasteiger partial charge on any atom is -0.379 e. The monoisotopic (exact) mass is 268 g/mol. The first-order valence-electron chi connectivity index (χ1n) is 6.85. The Morgan fingerprint density at radius 1 is 1.10 bits per heavy atom. The van der Waals surface area contributed by atoms with Crippen molar-refractivity contribution >= 4 is 11.6 Å². The Balaban J connectivity index is 2.06. The van der Waals surface area contributed by atoms with Crippen LogP contribution in [0.1, 0.15) is 41.4 Å². The summed E-state index contributed by atoms with van der Waals surface area (Å²) in [5, 5.41) is 3.41. The van der Waals surface area contributed by atoms with Gasteiger partial charge in [0.25, 0.3) is 0 Å². The molecule has 0 saturated heterocycles.